The highest BCUT2D eigenvalue weighted by Crippen LogP contribution is 2.17. The molecule has 1 rings (SSSR count). The molecule has 1 aliphatic rings. The zero-order chi connectivity index (χ0) is 10.9. The summed E-state index contributed by atoms with van der Waals surface area (Å²) in [5.41, 5.74) is 5.39. The molecule has 3 nitrogen and oxygen atoms in total. The number of carbonyl (C=O) groups is 1. The molecule has 0 aromatic rings. The van der Waals surface area contributed by atoms with Crippen LogP contribution in [0.15, 0.2) is 0 Å². The van der Waals surface area contributed by atoms with Crippen LogP contribution in [0.4, 0.5) is 0 Å². The van der Waals surface area contributed by atoms with Crippen molar-refractivity contribution in [2.45, 2.75) is 44.6 Å². The molecule has 1 saturated heterocycles. The van der Waals surface area contributed by atoms with Gasteiger partial charge in [0.1, 0.15) is 0 Å². The van der Waals surface area contributed by atoms with E-state index in [0.29, 0.717) is 12.5 Å². The summed E-state index contributed by atoms with van der Waals surface area (Å²) in [6.45, 7) is 0.738. The zero-order valence-electron chi connectivity index (χ0n) is 9.34. The summed E-state index contributed by atoms with van der Waals surface area (Å²) >= 11 is 1.99. The van der Waals surface area contributed by atoms with Gasteiger partial charge in [-0.15, -0.1) is 0 Å². The van der Waals surface area contributed by atoms with Gasteiger partial charge in [-0.05, 0) is 43.7 Å². The van der Waals surface area contributed by atoms with E-state index in [4.69, 9.17) is 5.73 Å². The summed E-state index contributed by atoms with van der Waals surface area (Å²) in [5, 5.41) is 3.11. The fourth-order valence-corrected chi connectivity index (χ4v) is 2.85. The highest BCUT2D eigenvalue weighted by atomic mass is 32.2. The number of unbranched alkanes of at least 4 members (excludes halogenated alkanes) is 2. The van der Waals surface area contributed by atoms with Crippen molar-refractivity contribution >= 4 is 17.7 Å². The number of carbonyl (C=O) groups excluding carboxylic acids is 1. The Morgan fingerprint density at radius 1 is 1.27 bits per heavy atom. The van der Waals surface area contributed by atoms with Crippen molar-refractivity contribution in [3.05, 3.63) is 0 Å². The molecular weight excluding hydrogens is 208 g/mol. The first kappa shape index (κ1) is 12.8. The van der Waals surface area contributed by atoms with Gasteiger partial charge in [0.15, 0.2) is 0 Å². The predicted molar refractivity (Wildman–Crippen MR) is 66.0 cm³/mol. The lowest BCUT2D eigenvalue weighted by molar-refractivity contribution is -0.121. The predicted octanol–water partition coefficient (Wildman–Crippen LogP) is 1.52. The van der Waals surface area contributed by atoms with Gasteiger partial charge in [0, 0.05) is 12.5 Å². The van der Waals surface area contributed by atoms with Crippen molar-refractivity contribution < 1.29 is 4.79 Å². The number of hydrogen-bond acceptors (Lipinski definition) is 3. The van der Waals surface area contributed by atoms with E-state index in [1.54, 1.807) is 0 Å². The molecule has 0 aromatic carbocycles. The first-order valence-corrected chi connectivity index (χ1v) is 7.05. The molecule has 0 bridgehead atoms. The monoisotopic (exact) mass is 230 g/mol. The second-order valence-corrected chi connectivity index (χ2v) is 5.28. The molecule has 0 unspecified atom stereocenters. The first-order chi connectivity index (χ1) is 7.33. The summed E-state index contributed by atoms with van der Waals surface area (Å²) in [5.74, 6) is 2.61. The average Bonchev–Trinajstić information content (AvgIpc) is 2.26. The largest absolute Gasteiger partial charge is 0.353 e. The van der Waals surface area contributed by atoms with Gasteiger partial charge < -0.3 is 11.1 Å². The van der Waals surface area contributed by atoms with E-state index in [2.05, 4.69) is 5.32 Å². The molecule has 0 radical (unpaired) electrons. The Labute approximate surface area is 96.6 Å². The standard InChI is InChI=1S/C11H22N2OS/c12-7-3-1-2-4-11(14)13-10-5-8-15-9-6-10/h10H,1-9,12H2,(H,13,14). The fraction of sp³-hybridized carbons (Fsp3) is 0.909. The van der Waals surface area contributed by atoms with Gasteiger partial charge in [-0.3, -0.25) is 4.79 Å². The second-order valence-electron chi connectivity index (χ2n) is 4.05. The molecule has 0 saturated carbocycles. The van der Waals surface area contributed by atoms with E-state index in [-0.39, 0.29) is 5.91 Å². The summed E-state index contributed by atoms with van der Waals surface area (Å²) in [6, 6.07) is 0.438. The molecule has 88 valence electrons. The molecule has 1 amide bonds. The Bertz CT molecular complexity index is 181. The van der Waals surface area contributed by atoms with Gasteiger partial charge in [0.25, 0.3) is 0 Å². The van der Waals surface area contributed by atoms with Crippen LogP contribution in [-0.2, 0) is 4.79 Å². The minimum absolute atomic E-state index is 0.226. The van der Waals surface area contributed by atoms with Crippen LogP contribution in [0.3, 0.4) is 0 Å². The van der Waals surface area contributed by atoms with Gasteiger partial charge in [0.05, 0.1) is 0 Å². The first-order valence-electron chi connectivity index (χ1n) is 5.90. The van der Waals surface area contributed by atoms with Crippen molar-refractivity contribution in [2.75, 3.05) is 18.1 Å². The third kappa shape index (κ3) is 6.05. The van der Waals surface area contributed by atoms with Crippen molar-refractivity contribution in [1.29, 1.82) is 0 Å². The molecule has 1 aliphatic heterocycles. The Balaban J connectivity index is 2.01. The molecule has 0 spiro atoms. The topological polar surface area (TPSA) is 55.1 Å². The molecule has 15 heavy (non-hydrogen) atoms. The second kappa shape index (κ2) is 7.99. The van der Waals surface area contributed by atoms with E-state index < -0.39 is 0 Å². The summed E-state index contributed by atoms with van der Waals surface area (Å²) < 4.78 is 0. The van der Waals surface area contributed by atoms with Crippen LogP contribution in [0.1, 0.15) is 38.5 Å². The minimum atomic E-state index is 0.226. The minimum Gasteiger partial charge on any atom is -0.353 e. The maximum absolute atomic E-state index is 11.5. The van der Waals surface area contributed by atoms with Gasteiger partial charge >= 0.3 is 0 Å². The average molecular weight is 230 g/mol. The normalized spacial score (nSPS) is 17.7. The molecule has 0 aliphatic carbocycles. The smallest absolute Gasteiger partial charge is 0.220 e. The van der Waals surface area contributed by atoms with Crippen LogP contribution in [0.25, 0.3) is 0 Å². The van der Waals surface area contributed by atoms with E-state index in [1.807, 2.05) is 11.8 Å². The molecule has 4 heteroatoms. The summed E-state index contributed by atoms with van der Waals surface area (Å²) in [4.78, 5) is 11.5. The lowest BCUT2D eigenvalue weighted by Crippen LogP contribution is -2.37. The van der Waals surface area contributed by atoms with E-state index in [1.165, 1.54) is 11.5 Å². The number of rotatable bonds is 6. The van der Waals surface area contributed by atoms with Crippen LogP contribution >= 0.6 is 11.8 Å². The Hall–Kier alpha value is -0.220. The lowest BCUT2D eigenvalue weighted by Gasteiger charge is -2.22. The summed E-state index contributed by atoms with van der Waals surface area (Å²) in [7, 11) is 0. The number of amides is 1. The van der Waals surface area contributed by atoms with Crippen LogP contribution in [0.2, 0.25) is 0 Å². The zero-order valence-corrected chi connectivity index (χ0v) is 10.2. The lowest BCUT2D eigenvalue weighted by atomic mass is 10.1. The Morgan fingerprint density at radius 3 is 2.67 bits per heavy atom. The molecular formula is C11H22N2OS. The molecule has 1 heterocycles. The number of nitrogens with one attached hydrogen (secondary N) is 1. The molecule has 0 aromatic heterocycles. The van der Waals surface area contributed by atoms with Crippen LogP contribution in [0, 0.1) is 0 Å². The third-order valence-corrected chi connectivity index (χ3v) is 3.74. The molecule has 3 N–H and O–H groups in total. The van der Waals surface area contributed by atoms with Gasteiger partial charge in [0.2, 0.25) is 5.91 Å². The van der Waals surface area contributed by atoms with Crippen molar-refractivity contribution in [3.8, 4) is 0 Å². The molecule has 1 fully saturated rings. The van der Waals surface area contributed by atoms with E-state index in [0.717, 1.165) is 38.6 Å². The van der Waals surface area contributed by atoms with Crippen molar-refractivity contribution in [2.24, 2.45) is 5.73 Å². The van der Waals surface area contributed by atoms with Gasteiger partial charge in [-0.2, -0.15) is 11.8 Å². The highest BCUT2D eigenvalue weighted by molar-refractivity contribution is 7.99. The fourth-order valence-electron chi connectivity index (χ4n) is 1.75. The van der Waals surface area contributed by atoms with Crippen LogP contribution in [-0.4, -0.2) is 30.0 Å². The van der Waals surface area contributed by atoms with Gasteiger partial charge in [-0.1, -0.05) is 6.42 Å². The van der Waals surface area contributed by atoms with E-state index >= 15 is 0 Å². The number of nitrogens with two attached hydrogens (primary N) is 1. The van der Waals surface area contributed by atoms with Crippen molar-refractivity contribution in [1.82, 2.24) is 5.32 Å². The third-order valence-electron chi connectivity index (χ3n) is 2.69. The van der Waals surface area contributed by atoms with E-state index in [9.17, 15) is 4.79 Å². The SMILES string of the molecule is NCCCCCC(=O)NC1CCSCC1. The Morgan fingerprint density at radius 2 is 2.00 bits per heavy atom. The molecule has 0 atom stereocenters. The van der Waals surface area contributed by atoms with Crippen LogP contribution < -0.4 is 11.1 Å². The maximum Gasteiger partial charge on any atom is 0.220 e. The van der Waals surface area contributed by atoms with Crippen LogP contribution in [0.5, 0.6) is 0 Å². The maximum atomic E-state index is 11.5. The van der Waals surface area contributed by atoms with Crippen molar-refractivity contribution in [3.63, 3.8) is 0 Å². The number of thioether (sulfide) groups is 1. The highest BCUT2D eigenvalue weighted by Gasteiger charge is 2.15. The Kier molecular flexibility index (Phi) is 6.85. The quantitative estimate of drug-likeness (QED) is 0.680. The van der Waals surface area contributed by atoms with Gasteiger partial charge in [-0.25, -0.2) is 0 Å². The number of hydrogen-bond donors (Lipinski definition) is 2. The summed E-state index contributed by atoms with van der Waals surface area (Å²) in [6.07, 6.45) is 6.03.